The molecule has 3 aliphatic heterocycles. The summed E-state index contributed by atoms with van der Waals surface area (Å²) >= 11 is 0. The summed E-state index contributed by atoms with van der Waals surface area (Å²) < 4.78 is 2.48. The van der Waals surface area contributed by atoms with Crippen molar-refractivity contribution in [2.75, 3.05) is 19.6 Å². The summed E-state index contributed by atoms with van der Waals surface area (Å²) in [6.07, 6.45) is 49.6. The van der Waals surface area contributed by atoms with Crippen LogP contribution in [0.15, 0.2) is 36.1 Å². The van der Waals surface area contributed by atoms with Gasteiger partial charge in [0.05, 0.1) is 0 Å². The second-order valence-electron chi connectivity index (χ2n) is 12.9. The van der Waals surface area contributed by atoms with Crippen LogP contribution in [0.2, 0.25) is 0 Å². The fourth-order valence-corrected chi connectivity index (χ4v) is 6.62. The molecule has 0 spiro atoms. The summed E-state index contributed by atoms with van der Waals surface area (Å²) in [5.41, 5.74) is 1.57. The van der Waals surface area contributed by atoms with Gasteiger partial charge >= 0.3 is 0 Å². The first-order chi connectivity index (χ1) is 19.4. The van der Waals surface area contributed by atoms with E-state index in [-0.39, 0.29) is 0 Å². The maximum atomic E-state index is 2.57. The zero-order valence-corrected chi connectivity index (χ0v) is 25.8. The molecule has 1 atom stereocenters. The molecule has 0 aliphatic carbocycles. The Morgan fingerprint density at radius 1 is 0.615 bits per heavy atom. The monoisotopic (exact) mass is 537 g/mol. The van der Waals surface area contributed by atoms with Gasteiger partial charge in [0.25, 0.3) is 0 Å². The van der Waals surface area contributed by atoms with Gasteiger partial charge in [0.1, 0.15) is 6.54 Å². The number of rotatable bonds is 0. The molecule has 2 heteroatoms. The Morgan fingerprint density at radius 3 is 1.79 bits per heavy atom. The molecule has 222 valence electrons. The lowest BCUT2D eigenvalue weighted by Gasteiger charge is -2.23. The maximum absolute atomic E-state index is 2.57. The van der Waals surface area contributed by atoms with E-state index >= 15 is 0 Å². The Morgan fingerprint density at radius 2 is 1.15 bits per heavy atom. The Hall–Kier alpha value is -1.44. The van der Waals surface area contributed by atoms with Crippen molar-refractivity contribution < 1.29 is 4.58 Å². The van der Waals surface area contributed by atoms with Crippen LogP contribution in [-0.4, -0.2) is 35.3 Å². The minimum absolute atomic E-state index is 0.665. The minimum Gasteiger partial charge on any atom is -0.373 e. The van der Waals surface area contributed by atoms with E-state index < -0.39 is 0 Å². The quantitative estimate of drug-likeness (QED) is 0.220. The third-order valence-corrected chi connectivity index (χ3v) is 9.15. The van der Waals surface area contributed by atoms with Crippen LogP contribution in [0, 0.1) is 12.5 Å². The molecule has 0 amide bonds. The highest BCUT2D eigenvalue weighted by Gasteiger charge is 2.10. The summed E-state index contributed by atoms with van der Waals surface area (Å²) in [5, 5.41) is 0. The highest BCUT2D eigenvalue weighted by Crippen LogP contribution is 2.20. The van der Waals surface area contributed by atoms with Gasteiger partial charge in [0.15, 0.2) is 0 Å². The molecule has 0 radical (unpaired) electrons. The Labute approximate surface area is 244 Å². The SMILES string of the molecule is C1=CC2[CH-][N+](=C1)CCCCCCCCCCCCCC1=CN(CC=C1)CCCCCCCCCCCCCC2. The molecule has 0 aromatic rings. The third kappa shape index (κ3) is 16.4. The van der Waals surface area contributed by atoms with Crippen molar-refractivity contribution in [3.05, 3.63) is 42.6 Å². The zero-order chi connectivity index (χ0) is 27.1. The van der Waals surface area contributed by atoms with Gasteiger partial charge in [-0.1, -0.05) is 147 Å². The van der Waals surface area contributed by atoms with E-state index in [4.69, 9.17) is 0 Å². The molecular weight excluding hydrogens is 472 g/mol. The number of allylic oxidation sites excluding steroid dienone is 3. The molecule has 1 unspecified atom stereocenters. The molecule has 0 saturated carbocycles. The molecular formula is C37H64N2. The van der Waals surface area contributed by atoms with Crippen molar-refractivity contribution in [2.24, 2.45) is 5.92 Å². The normalized spacial score (nSPS) is 25.6. The predicted octanol–water partition coefficient (Wildman–Crippen LogP) is 10.9. The summed E-state index contributed by atoms with van der Waals surface area (Å²) in [5.74, 6) is 0.665. The molecule has 2 nitrogen and oxygen atoms in total. The first-order valence-electron chi connectivity index (χ1n) is 17.6. The van der Waals surface area contributed by atoms with Crippen molar-refractivity contribution >= 4 is 6.21 Å². The average Bonchev–Trinajstić information content (AvgIpc) is 2.95. The molecule has 0 aromatic heterocycles. The lowest BCUT2D eigenvalue weighted by molar-refractivity contribution is -0.489. The van der Waals surface area contributed by atoms with E-state index in [0.717, 1.165) is 6.54 Å². The van der Waals surface area contributed by atoms with Gasteiger partial charge in [-0.25, -0.2) is 0 Å². The lowest BCUT2D eigenvalue weighted by Crippen LogP contribution is -2.21. The third-order valence-electron chi connectivity index (χ3n) is 9.15. The summed E-state index contributed by atoms with van der Waals surface area (Å²) in [7, 11) is 0. The second kappa shape index (κ2) is 22.3. The Kier molecular flexibility index (Phi) is 18.3. The molecule has 4 bridgehead atoms. The highest BCUT2D eigenvalue weighted by molar-refractivity contribution is 5.67. The van der Waals surface area contributed by atoms with Crippen LogP contribution in [0.3, 0.4) is 0 Å². The molecule has 0 N–H and O–H groups in total. The molecule has 0 aromatic carbocycles. The van der Waals surface area contributed by atoms with Crippen LogP contribution >= 0.6 is 0 Å². The van der Waals surface area contributed by atoms with Gasteiger partial charge in [-0.15, -0.1) is 6.08 Å². The lowest BCUT2D eigenvalue weighted by atomic mass is 9.97. The van der Waals surface area contributed by atoms with E-state index in [0.29, 0.717) is 5.92 Å². The predicted molar refractivity (Wildman–Crippen MR) is 172 cm³/mol. The highest BCUT2D eigenvalue weighted by atomic mass is 15.1. The van der Waals surface area contributed by atoms with Crippen molar-refractivity contribution in [1.82, 2.24) is 4.90 Å². The molecule has 0 fully saturated rings. The fourth-order valence-electron chi connectivity index (χ4n) is 6.62. The molecule has 0 saturated heterocycles. The van der Waals surface area contributed by atoms with Crippen LogP contribution in [0.5, 0.6) is 0 Å². The maximum Gasteiger partial charge on any atom is 0.115 e. The van der Waals surface area contributed by atoms with Crippen LogP contribution < -0.4 is 0 Å². The number of hydrogen-bond donors (Lipinski definition) is 0. The Balaban J connectivity index is 1.30. The Bertz CT molecular complexity index is 715. The van der Waals surface area contributed by atoms with Crippen molar-refractivity contribution in [1.29, 1.82) is 0 Å². The van der Waals surface area contributed by atoms with E-state index in [2.05, 4.69) is 52.7 Å². The zero-order valence-electron chi connectivity index (χ0n) is 25.8. The standard InChI is InChI=1S/C37H64N2/c1-2-6-10-14-18-22-30-38-32-25-29-37(35-38)27-21-17-13-9-5-3-7-11-15-19-23-31-39-33-24-28-36(34-39)26-20-16-12-8-4-1/h24-25,28-29,33-36H,1-23,26-27,30-32H2. The molecule has 3 rings (SSSR count). The van der Waals surface area contributed by atoms with Crippen LogP contribution in [-0.2, 0) is 0 Å². The topological polar surface area (TPSA) is 6.25 Å². The summed E-state index contributed by atoms with van der Waals surface area (Å²) in [6, 6.07) is 0. The average molecular weight is 537 g/mol. The van der Waals surface area contributed by atoms with Crippen LogP contribution in [0.1, 0.15) is 161 Å². The van der Waals surface area contributed by atoms with E-state index in [9.17, 15) is 0 Å². The summed E-state index contributed by atoms with van der Waals surface area (Å²) in [6.45, 7) is 6.09. The second-order valence-corrected chi connectivity index (χ2v) is 12.9. The van der Waals surface area contributed by atoms with Gasteiger partial charge in [0.2, 0.25) is 0 Å². The largest absolute Gasteiger partial charge is 0.373 e. The van der Waals surface area contributed by atoms with Gasteiger partial charge in [-0.3, -0.25) is 0 Å². The van der Waals surface area contributed by atoms with Gasteiger partial charge < -0.3 is 9.48 Å². The first-order valence-corrected chi connectivity index (χ1v) is 17.6. The van der Waals surface area contributed by atoms with E-state index in [1.54, 1.807) is 5.57 Å². The van der Waals surface area contributed by atoms with Crippen LogP contribution in [0.4, 0.5) is 0 Å². The minimum atomic E-state index is 0.665. The molecule has 39 heavy (non-hydrogen) atoms. The van der Waals surface area contributed by atoms with Gasteiger partial charge in [-0.05, 0) is 37.2 Å². The van der Waals surface area contributed by atoms with Crippen molar-refractivity contribution in [2.45, 2.75) is 161 Å². The summed E-state index contributed by atoms with van der Waals surface area (Å²) in [4.78, 5) is 2.57. The first kappa shape index (κ1) is 32.1. The van der Waals surface area contributed by atoms with Crippen molar-refractivity contribution in [3.8, 4) is 0 Å². The van der Waals surface area contributed by atoms with Gasteiger partial charge in [0, 0.05) is 38.5 Å². The van der Waals surface area contributed by atoms with Gasteiger partial charge in [-0.2, -0.15) is 0 Å². The molecule has 3 aliphatic rings. The van der Waals surface area contributed by atoms with E-state index in [1.807, 2.05) is 0 Å². The fraction of sp³-hybridized carbons (Fsp3) is 0.784. The van der Waals surface area contributed by atoms with Crippen LogP contribution in [0.25, 0.3) is 0 Å². The number of hydrogen-bond acceptors (Lipinski definition) is 1. The van der Waals surface area contributed by atoms with E-state index in [1.165, 1.54) is 174 Å². The number of fused-ring (bicyclic) bond motifs is 3. The number of nitrogens with zero attached hydrogens (tertiary/aromatic N) is 2. The van der Waals surface area contributed by atoms with Crippen molar-refractivity contribution in [3.63, 3.8) is 0 Å². The smallest absolute Gasteiger partial charge is 0.115 e. The molecule has 3 heterocycles.